The summed E-state index contributed by atoms with van der Waals surface area (Å²) < 4.78 is 3.23. The average molecular weight is 478 g/mol. The number of pyridine rings is 1. The van der Waals surface area contributed by atoms with E-state index < -0.39 is 5.91 Å². The van der Waals surface area contributed by atoms with Gasteiger partial charge in [0.2, 0.25) is 5.95 Å². The van der Waals surface area contributed by atoms with E-state index in [1.54, 1.807) is 41.4 Å². The molecule has 0 unspecified atom stereocenters. The van der Waals surface area contributed by atoms with Crippen LogP contribution < -0.4 is 16.4 Å². The lowest BCUT2D eigenvalue weighted by molar-refractivity contribution is -0.116. The van der Waals surface area contributed by atoms with E-state index in [2.05, 4.69) is 20.8 Å². The summed E-state index contributed by atoms with van der Waals surface area (Å²) in [6, 6.07) is 20.6. The Labute approximate surface area is 206 Å². The Balaban J connectivity index is 1.39. The molecule has 0 atom stereocenters. The number of hydrogen-bond donors (Lipinski definition) is 2. The summed E-state index contributed by atoms with van der Waals surface area (Å²) in [5.74, 6) is -0.152. The highest BCUT2D eigenvalue weighted by molar-refractivity contribution is 5.93. The number of carbonyl (C=O) groups excluding carboxylic acids is 1. The molecule has 9 heteroatoms. The van der Waals surface area contributed by atoms with Crippen molar-refractivity contribution >= 4 is 28.8 Å². The van der Waals surface area contributed by atoms with Gasteiger partial charge < -0.3 is 0 Å². The van der Waals surface area contributed by atoms with Crippen molar-refractivity contribution in [2.75, 3.05) is 5.43 Å². The fraction of sp³-hybridized carbons (Fsp3) is 0.0741. The fourth-order valence-electron chi connectivity index (χ4n) is 3.83. The van der Waals surface area contributed by atoms with Crippen molar-refractivity contribution in [2.24, 2.45) is 0 Å². The second kappa shape index (κ2) is 10.1. The lowest BCUT2D eigenvalue weighted by Gasteiger charge is -2.13. The number of rotatable bonds is 7. The van der Waals surface area contributed by atoms with Crippen LogP contribution in [0.3, 0.4) is 0 Å². The first-order valence-electron chi connectivity index (χ1n) is 11.4. The Morgan fingerprint density at radius 2 is 1.83 bits per heavy atom. The monoisotopic (exact) mass is 477 g/mol. The molecule has 2 aromatic carbocycles. The third-order valence-electron chi connectivity index (χ3n) is 5.59. The number of nitrogens with zero attached hydrogens (tertiary/aromatic N) is 5. The van der Waals surface area contributed by atoms with Crippen LogP contribution in [0.15, 0.2) is 96.2 Å². The van der Waals surface area contributed by atoms with Gasteiger partial charge in [-0.1, -0.05) is 30.3 Å². The minimum absolute atomic E-state index is 0.176. The minimum Gasteiger partial charge on any atom is -0.277 e. The van der Waals surface area contributed by atoms with Crippen molar-refractivity contribution in [3.05, 3.63) is 107 Å². The predicted molar refractivity (Wildman–Crippen MR) is 139 cm³/mol. The van der Waals surface area contributed by atoms with Crippen molar-refractivity contribution in [1.82, 2.24) is 29.7 Å². The molecule has 0 aliphatic heterocycles. The van der Waals surface area contributed by atoms with E-state index in [9.17, 15) is 9.59 Å². The van der Waals surface area contributed by atoms with E-state index in [0.29, 0.717) is 23.1 Å². The van der Waals surface area contributed by atoms with E-state index in [1.165, 1.54) is 10.6 Å². The number of nitrogens with one attached hydrogen (secondary N) is 2. The molecule has 0 fully saturated rings. The molecule has 3 heterocycles. The summed E-state index contributed by atoms with van der Waals surface area (Å²) in [5.41, 5.74) is 8.92. The zero-order valence-electron chi connectivity index (χ0n) is 19.5. The van der Waals surface area contributed by atoms with Crippen LogP contribution in [0.4, 0.5) is 5.95 Å². The molecule has 5 aromatic rings. The van der Waals surface area contributed by atoms with Gasteiger partial charge in [-0.2, -0.15) is 5.10 Å². The Bertz CT molecular complexity index is 1610. The SMILES string of the molecule is CCn1c(NNC(=O)/C=C/c2cn(-c3ccccc3)nc2-c2cccnc2)nc2ccccc2c1=O. The van der Waals surface area contributed by atoms with Gasteiger partial charge in [-0.3, -0.25) is 30.0 Å². The summed E-state index contributed by atoms with van der Waals surface area (Å²) in [6.45, 7) is 2.24. The minimum atomic E-state index is -0.412. The van der Waals surface area contributed by atoms with E-state index in [0.717, 1.165) is 16.8 Å². The largest absolute Gasteiger partial charge is 0.277 e. The lowest BCUT2D eigenvalue weighted by atomic mass is 10.1. The highest BCUT2D eigenvalue weighted by Gasteiger charge is 2.12. The van der Waals surface area contributed by atoms with E-state index in [4.69, 9.17) is 5.10 Å². The quantitative estimate of drug-likeness (QED) is 0.273. The number of aromatic nitrogens is 5. The Kier molecular flexibility index (Phi) is 6.35. The maximum atomic E-state index is 12.8. The van der Waals surface area contributed by atoms with Gasteiger partial charge in [-0.25, -0.2) is 9.67 Å². The molecule has 0 aliphatic rings. The first-order valence-corrected chi connectivity index (χ1v) is 11.4. The van der Waals surface area contributed by atoms with Crippen LogP contribution in [-0.2, 0) is 11.3 Å². The van der Waals surface area contributed by atoms with Crippen LogP contribution >= 0.6 is 0 Å². The van der Waals surface area contributed by atoms with Gasteiger partial charge >= 0.3 is 0 Å². The summed E-state index contributed by atoms with van der Waals surface area (Å²) in [5, 5.41) is 5.24. The standard InChI is InChI=1S/C27H23N7O2/c1-2-33-26(36)22-12-6-7-13-23(22)29-27(33)31-30-24(35)15-14-20-18-34(21-10-4-3-5-11-21)32-25(20)19-9-8-16-28-17-19/h3-18H,2H2,1H3,(H,29,31)(H,30,35)/b15-14+. The number of carbonyl (C=O) groups is 1. The van der Waals surface area contributed by atoms with E-state index in [1.807, 2.05) is 61.7 Å². The van der Waals surface area contributed by atoms with Crippen LogP contribution in [0.2, 0.25) is 0 Å². The maximum absolute atomic E-state index is 12.8. The molecule has 5 rings (SSSR count). The van der Waals surface area contributed by atoms with Gasteiger partial charge in [0.1, 0.15) is 5.69 Å². The number of hydrazine groups is 1. The van der Waals surface area contributed by atoms with Crippen LogP contribution in [0.1, 0.15) is 12.5 Å². The molecule has 0 radical (unpaired) electrons. The van der Waals surface area contributed by atoms with E-state index in [-0.39, 0.29) is 11.5 Å². The molecule has 9 nitrogen and oxygen atoms in total. The van der Waals surface area contributed by atoms with Crippen LogP contribution in [0.25, 0.3) is 33.9 Å². The molecule has 0 saturated carbocycles. The lowest BCUT2D eigenvalue weighted by Crippen LogP contribution is -2.33. The third-order valence-corrected chi connectivity index (χ3v) is 5.59. The summed E-state index contributed by atoms with van der Waals surface area (Å²) in [4.78, 5) is 34.1. The Hall–Kier alpha value is -5.05. The summed E-state index contributed by atoms with van der Waals surface area (Å²) in [7, 11) is 0. The third kappa shape index (κ3) is 4.62. The molecule has 1 amide bonds. The van der Waals surface area contributed by atoms with Gasteiger partial charge in [0.05, 0.1) is 16.6 Å². The zero-order chi connectivity index (χ0) is 24.9. The van der Waals surface area contributed by atoms with Gasteiger partial charge in [-0.15, -0.1) is 0 Å². The molecular formula is C27H23N7O2. The van der Waals surface area contributed by atoms with Gasteiger partial charge in [0, 0.05) is 42.3 Å². The molecule has 0 saturated heterocycles. The molecule has 178 valence electrons. The maximum Gasteiger partial charge on any atom is 0.262 e. The van der Waals surface area contributed by atoms with Crippen LogP contribution in [-0.4, -0.2) is 30.2 Å². The Morgan fingerprint density at radius 1 is 1.03 bits per heavy atom. The molecule has 2 N–H and O–H groups in total. The van der Waals surface area contributed by atoms with Gasteiger partial charge in [0.15, 0.2) is 0 Å². The van der Waals surface area contributed by atoms with Crippen molar-refractivity contribution in [1.29, 1.82) is 0 Å². The van der Waals surface area contributed by atoms with Crippen molar-refractivity contribution < 1.29 is 4.79 Å². The average Bonchev–Trinajstić information content (AvgIpc) is 3.36. The molecule has 0 spiro atoms. The highest BCUT2D eigenvalue weighted by atomic mass is 16.2. The topological polar surface area (TPSA) is 107 Å². The molecule has 36 heavy (non-hydrogen) atoms. The number of fused-ring (bicyclic) bond motifs is 1. The number of amides is 1. The summed E-state index contributed by atoms with van der Waals surface area (Å²) >= 11 is 0. The van der Waals surface area contributed by atoms with Gasteiger partial charge in [0.25, 0.3) is 11.5 Å². The summed E-state index contributed by atoms with van der Waals surface area (Å²) in [6.07, 6.45) is 8.37. The van der Waals surface area contributed by atoms with Crippen LogP contribution in [0.5, 0.6) is 0 Å². The fourth-order valence-corrected chi connectivity index (χ4v) is 3.83. The second-order valence-corrected chi connectivity index (χ2v) is 7.90. The molecular weight excluding hydrogens is 454 g/mol. The number of para-hydroxylation sites is 2. The first kappa shape index (κ1) is 22.7. The van der Waals surface area contributed by atoms with Crippen LogP contribution in [0, 0.1) is 0 Å². The normalized spacial score (nSPS) is 11.1. The van der Waals surface area contributed by atoms with E-state index >= 15 is 0 Å². The van der Waals surface area contributed by atoms with Crippen molar-refractivity contribution in [3.63, 3.8) is 0 Å². The van der Waals surface area contributed by atoms with Crippen molar-refractivity contribution in [2.45, 2.75) is 13.5 Å². The molecule has 0 bridgehead atoms. The van der Waals surface area contributed by atoms with Crippen molar-refractivity contribution in [3.8, 4) is 16.9 Å². The second-order valence-electron chi connectivity index (χ2n) is 7.90. The highest BCUT2D eigenvalue weighted by Crippen LogP contribution is 2.24. The number of benzene rings is 2. The molecule has 0 aliphatic carbocycles. The predicted octanol–water partition coefficient (Wildman–Crippen LogP) is 3.82. The number of anilines is 1. The molecule has 3 aromatic heterocycles. The zero-order valence-corrected chi connectivity index (χ0v) is 19.5. The Morgan fingerprint density at radius 3 is 2.61 bits per heavy atom. The smallest absolute Gasteiger partial charge is 0.262 e. The number of hydrogen-bond acceptors (Lipinski definition) is 6. The first-order chi connectivity index (χ1) is 17.6. The van der Waals surface area contributed by atoms with Gasteiger partial charge in [-0.05, 0) is 49.4 Å².